The SMILES string of the molecule is COc1ccc(CNC2CCCSC2)c(Cl)c1OC. The van der Waals surface area contributed by atoms with Crippen LogP contribution < -0.4 is 14.8 Å². The molecule has 0 radical (unpaired) electrons. The summed E-state index contributed by atoms with van der Waals surface area (Å²) in [6, 6.07) is 4.48. The van der Waals surface area contributed by atoms with Crippen LogP contribution in [0.15, 0.2) is 12.1 Å². The summed E-state index contributed by atoms with van der Waals surface area (Å²) in [6.07, 6.45) is 2.54. The van der Waals surface area contributed by atoms with Gasteiger partial charge in [-0.2, -0.15) is 11.8 Å². The largest absolute Gasteiger partial charge is 0.493 e. The lowest BCUT2D eigenvalue weighted by atomic mass is 10.1. The fraction of sp³-hybridized carbons (Fsp3) is 0.571. The number of hydrogen-bond acceptors (Lipinski definition) is 4. The van der Waals surface area contributed by atoms with E-state index in [0.29, 0.717) is 22.6 Å². The van der Waals surface area contributed by atoms with Crippen molar-refractivity contribution in [2.45, 2.75) is 25.4 Å². The van der Waals surface area contributed by atoms with Crippen LogP contribution in [0.5, 0.6) is 11.5 Å². The Balaban J connectivity index is 2.03. The van der Waals surface area contributed by atoms with E-state index in [2.05, 4.69) is 5.32 Å². The van der Waals surface area contributed by atoms with Gasteiger partial charge in [-0.25, -0.2) is 0 Å². The highest BCUT2D eigenvalue weighted by atomic mass is 35.5. The summed E-state index contributed by atoms with van der Waals surface area (Å²) in [5, 5.41) is 4.20. The second-order valence-electron chi connectivity index (χ2n) is 4.57. The van der Waals surface area contributed by atoms with E-state index in [-0.39, 0.29) is 0 Å². The van der Waals surface area contributed by atoms with Crippen molar-refractivity contribution in [1.29, 1.82) is 0 Å². The number of hydrogen-bond donors (Lipinski definition) is 1. The van der Waals surface area contributed by atoms with Crippen LogP contribution in [0, 0.1) is 0 Å². The first-order valence-electron chi connectivity index (χ1n) is 6.46. The highest BCUT2D eigenvalue weighted by molar-refractivity contribution is 7.99. The fourth-order valence-corrected chi connectivity index (χ4v) is 3.63. The summed E-state index contributed by atoms with van der Waals surface area (Å²) in [6.45, 7) is 0.768. The van der Waals surface area contributed by atoms with Crippen molar-refractivity contribution in [1.82, 2.24) is 5.32 Å². The van der Waals surface area contributed by atoms with E-state index in [4.69, 9.17) is 21.1 Å². The predicted octanol–water partition coefficient (Wildman–Crippen LogP) is 3.34. The van der Waals surface area contributed by atoms with E-state index in [1.807, 2.05) is 23.9 Å². The van der Waals surface area contributed by atoms with Crippen LogP contribution in [0.4, 0.5) is 0 Å². The minimum absolute atomic E-state index is 0.586. The Morgan fingerprint density at radius 3 is 2.84 bits per heavy atom. The number of ether oxygens (including phenoxy) is 2. The van der Waals surface area contributed by atoms with Crippen molar-refractivity contribution < 1.29 is 9.47 Å². The average molecular weight is 302 g/mol. The molecule has 1 fully saturated rings. The van der Waals surface area contributed by atoms with E-state index >= 15 is 0 Å². The van der Waals surface area contributed by atoms with Crippen LogP contribution in [-0.4, -0.2) is 31.8 Å². The van der Waals surface area contributed by atoms with Gasteiger partial charge in [0.25, 0.3) is 0 Å². The second-order valence-corrected chi connectivity index (χ2v) is 6.10. The molecule has 1 aromatic carbocycles. The van der Waals surface area contributed by atoms with Gasteiger partial charge in [0.15, 0.2) is 11.5 Å². The summed E-state index contributed by atoms with van der Waals surface area (Å²) in [4.78, 5) is 0. The number of nitrogens with one attached hydrogen (secondary N) is 1. The molecular formula is C14H20ClNO2S. The summed E-state index contributed by atoms with van der Waals surface area (Å²) in [5.74, 6) is 3.76. The maximum Gasteiger partial charge on any atom is 0.179 e. The quantitative estimate of drug-likeness (QED) is 0.903. The van der Waals surface area contributed by atoms with Gasteiger partial charge in [0.05, 0.1) is 19.2 Å². The van der Waals surface area contributed by atoms with Crippen LogP contribution in [0.2, 0.25) is 5.02 Å². The molecule has 0 aromatic heterocycles. The Labute approximate surface area is 124 Å². The van der Waals surface area contributed by atoms with E-state index in [9.17, 15) is 0 Å². The monoisotopic (exact) mass is 301 g/mol. The normalized spacial score (nSPS) is 19.2. The van der Waals surface area contributed by atoms with Crippen LogP contribution in [0.1, 0.15) is 18.4 Å². The van der Waals surface area contributed by atoms with Gasteiger partial charge in [0.2, 0.25) is 0 Å². The molecule has 1 saturated heterocycles. The van der Waals surface area contributed by atoms with Crippen LogP contribution >= 0.6 is 23.4 Å². The summed E-state index contributed by atoms with van der Waals surface area (Å²) in [7, 11) is 3.23. The molecular weight excluding hydrogens is 282 g/mol. The molecule has 1 aromatic rings. The lowest BCUT2D eigenvalue weighted by Gasteiger charge is -2.23. The first-order chi connectivity index (χ1) is 9.26. The predicted molar refractivity (Wildman–Crippen MR) is 81.7 cm³/mol. The molecule has 0 bridgehead atoms. The number of halogens is 1. The number of methoxy groups -OCH3 is 2. The van der Waals surface area contributed by atoms with Crippen LogP contribution in [0.3, 0.4) is 0 Å². The third-order valence-electron chi connectivity index (χ3n) is 3.31. The van der Waals surface area contributed by atoms with Gasteiger partial charge >= 0.3 is 0 Å². The van der Waals surface area contributed by atoms with Crippen molar-refractivity contribution in [3.63, 3.8) is 0 Å². The molecule has 1 N–H and O–H groups in total. The third kappa shape index (κ3) is 3.71. The Morgan fingerprint density at radius 1 is 1.37 bits per heavy atom. The molecule has 5 heteroatoms. The Kier molecular flexibility index (Phi) is 5.67. The van der Waals surface area contributed by atoms with Gasteiger partial charge in [-0.3, -0.25) is 0 Å². The zero-order chi connectivity index (χ0) is 13.7. The lowest BCUT2D eigenvalue weighted by Crippen LogP contribution is -2.33. The number of thioether (sulfide) groups is 1. The smallest absolute Gasteiger partial charge is 0.179 e. The van der Waals surface area contributed by atoms with Gasteiger partial charge in [-0.15, -0.1) is 0 Å². The molecule has 3 nitrogen and oxygen atoms in total. The van der Waals surface area contributed by atoms with Gasteiger partial charge < -0.3 is 14.8 Å². The zero-order valence-corrected chi connectivity index (χ0v) is 12.9. The van der Waals surface area contributed by atoms with E-state index in [0.717, 1.165) is 12.1 Å². The number of benzene rings is 1. The highest BCUT2D eigenvalue weighted by Crippen LogP contribution is 2.37. The summed E-state index contributed by atoms with van der Waals surface area (Å²) < 4.78 is 10.5. The zero-order valence-electron chi connectivity index (χ0n) is 11.4. The van der Waals surface area contributed by atoms with Crippen molar-refractivity contribution >= 4 is 23.4 Å². The van der Waals surface area contributed by atoms with E-state index in [1.165, 1.54) is 24.3 Å². The molecule has 1 atom stereocenters. The lowest BCUT2D eigenvalue weighted by molar-refractivity contribution is 0.354. The summed E-state index contributed by atoms with van der Waals surface area (Å²) >= 11 is 8.38. The molecule has 0 amide bonds. The molecule has 106 valence electrons. The molecule has 1 aliphatic rings. The molecule has 1 aliphatic heterocycles. The number of rotatable bonds is 5. The first-order valence-corrected chi connectivity index (χ1v) is 8.00. The van der Waals surface area contributed by atoms with E-state index < -0.39 is 0 Å². The van der Waals surface area contributed by atoms with Gasteiger partial charge in [-0.1, -0.05) is 17.7 Å². The second kappa shape index (κ2) is 7.27. The maximum atomic E-state index is 6.36. The van der Waals surface area contributed by atoms with Crippen molar-refractivity contribution in [3.05, 3.63) is 22.7 Å². The van der Waals surface area contributed by atoms with Gasteiger partial charge in [-0.05, 0) is 30.2 Å². The standard InChI is InChI=1S/C14H20ClNO2S/c1-17-12-6-5-10(13(15)14(12)18-2)8-16-11-4-3-7-19-9-11/h5-6,11,16H,3-4,7-9H2,1-2H3. The molecule has 0 saturated carbocycles. The maximum absolute atomic E-state index is 6.36. The topological polar surface area (TPSA) is 30.5 Å². The third-order valence-corrected chi connectivity index (χ3v) is 4.94. The molecule has 0 spiro atoms. The van der Waals surface area contributed by atoms with Crippen molar-refractivity contribution in [2.24, 2.45) is 0 Å². The van der Waals surface area contributed by atoms with E-state index in [1.54, 1.807) is 14.2 Å². The Morgan fingerprint density at radius 2 is 2.21 bits per heavy atom. The van der Waals surface area contributed by atoms with Crippen LogP contribution in [0.25, 0.3) is 0 Å². The minimum atomic E-state index is 0.586. The van der Waals surface area contributed by atoms with Gasteiger partial charge in [0, 0.05) is 18.3 Å². The molecule has 2 rings (SSSR count). The highest BCUT2D eigenvalue weighted by Gasteiger charge is 2.16. The van der Waals surface area contributed by atoms with Gasteiger partial charge in [0.1, 0.15) is 0 Å². The Bertz CT molecular complexity index is 422. The molecule has 1 heterocycles. The van der Waals surface area contributed by atoms with Crippen molar-refractivity contribution in [3.8, 4) is 11.5 Å². The van der Waals surface area contributed by atoms with Crippen molar-refractivity contribution in [2.75, 3.05) is 25.7 Å². The minimum Gasteiger partial charge on any atom is -0.493 e. The molecule has 0 aliphatic carbocycles. The fourth-order valence-electron chi connectivity index (χ4n) is 2.22. The first kappa shape index (κ1) is 14.8. The molecule has 1 unspecified atom stereocenters. The van der Waals surface area contributed by atoms with Crippen LogP contribution in [-0.2, 0) is 6.54 Å². The average Bonchev–Trinajstić information content (AvgIpc) is 2.46. The Hall–Kier alpha value is -0.580. The molecule has 19 heavy (non-hydrogen) atoms. The summed E-state index contributed by atoms with van der Waals surface area (Å²) in [5.41, 5.74) is 1.05.